The molecule has 0 saturated carbocycles. The Morgan fingerprint density at radius 3 is 2.48 bits per heavy atom. The Hall–Kier alpha value is -1.84. The van der Waals surface area contributed by atoms with Crippen LogP contribution in [0.1, 0.15) is 12.8 Å². The average molecular weight is 388 g/mol. The number of halogens is 1. The fourth-order valence-electron chi connectivity index (χ4n) is 3.14. The van der Waals surface area contributed by atoms with Crippen molar-refractivity contribution in [2.75, 3.05) is 26.7 Å². The van der Waals surface area contributed by atoms with Crippen LogP contribution < -0.4 is 10.1 Å². The van der Waals surface area contributed by atoms with Gasteiger partial charge in [0.15, 0.2) is 0 Å². The van der Waals surface area contributed by atoms with Crippen molar-refractivity contribution in [2.24, 2.45) is 0 Å². The van der Waals surface area contributed by atoms with Gasteiger partial charge in [0.2, 0.25) is 15.9 Å². The molecule has 25 heavy (non-hydrogen) atoms. The second-order valence-electron chi connectivity index (χ2n) is 5.85. The predicted molar refractivity (Wildman–Crippen MR) is 90.0 cm³/mol. The highest BCUT2D eigenvalue weighted by molar-refractivity contribution is 7.89. The summed E-state index contributed by atoms with van der Waals surface area (Å²) in [7, 11) is -2.39. The fourth-order valence-corrected chi connectivity index (χ4v) is 5.02. The van der Waals surface area contributed by atoms with E-state index in [0.29, 0.717) is 17.9 Å². The van der Waals surface area contributed by atoms with E-state index >= 15 is 0 Å². The number of urea groups is 1. The van der Waals surface area contributed by atoms with Gasteiger partial charge in [-0.1, -0.05) is 11.6 Å². The van der Waals surface area contributed by atoms with E-state index in [1.165, 1.54) is 28.4 Å². The number of nitrogens with zero attached hydrogens (tertiary/aromatic N) is 2. The Morgan fingerprint density at radius 2 is 1.92 bits per heavy atom. The molecule has 2 aliphatic rings. The van der Waals surface area contributed by atoms with Crippen molar-refractivity contribution in [1.29, 1.82) is 0 Å². The van der Waals surface area contributed by atoms with E-state index in [2.05, 4.69) is 5.32 Å². The SMILES string of the molecule is COc1ccc(Cl)cc1S(=O)(=O)N1CCC(N2C(=O)CNC2=O)CC1. The van der Waals surface area contributed by atoms with Gasteiger partial charge in [0.25, 0.3) is 0 Å². The van der Waals surface area contributed by atoms with E-state index in [0.717, 1.165) is 0 Å². The minimum Gasteiger partial charge on any atom is -0.495 e. The van der Waals surface area contributed by atoms with E-state index in [1.807, 2.05) is 0 Å². The fraction of sp³-hybridized carbons (Fsp3) is 0.467. The molecule has 2 saturated heterocycles. The zero-order valence-corrected chi connectivity index (χ0v) is 15.1. The lowest BCUT2D eigenvalue weighted by Crippen LogP contribution is -2.49. The van der Waals surface area contributed by atoms with Gasteiger partial charge in [-0.2, -0.15) is 4.31 Å². The van der Waals surface area contributed by atoms with Gasteiger partial charge in [-0.05, 0) is 31.0 Å². The van der Waals surface area contributed by atoms with Gasteiger partial charge in [-0.3, -0.25) is 9.69 Å². The van der Waals surface area contributed by atoms with Gasteiger partial charge in [-0.15, -0.1) is 0 Å². The van der Waals surface area contributed by atoms with Crippen molar-refractivity contribution in [1.82, 2.24) is 14.5 Å². The zero-order valence-electron chi connectivity index (χ0n) is 13.6. The van der Waals surface area contributed by atoms with Crippen molar-refractivity contribution in [2.45, 2.75) is 23.8 Å². The number of carbonyl (C=O) groups excluding carboxylic acids is 2. The molecule has 0 radical (unpaired) electrons. The quantitative estimate of drug-likeness (QED) is 0.779. The molecule has 1 aromatic carbocycles. The lowest BCUT2D eigenvalue weighted by atomic mass is 10.1. The average Bonchev–Trinajstić information content (AvgIpc) is 2.93. The lowest BCUT2D eigenvalue weighted by Gasteiger charge is -2.34. The number of imide groups is 1. The maximum absolute atomic E-state index is 12.9. The minimum atomic E-state index is -3.78. The van der Waals surface area contributed by atoms with E-state index in [1.54, 1.807) is 6.07 Å². The molecule has 8 nitrogen and oxygen atoms in total. The molecular formula is C15H18ClN3O5S. The lowest BCUT2D eigenvalue weighted by molar-refractivity contribution is -0.127. The molecule has 0 spiro atoms. The van der Waals surface area contributed by atoms with Crippen molar-refractivity contribution >= 4 is 33.6 Å². The van der Waals surface area contributed by atoms with Crippen LogP contribution in [0, 0.1) is 0 Å². The Balaban J connectivity index is 1.77. The summed E-state index contributed by atoms with van der Waals surface area (Å²) in [5.74, 6) is -0.0524. The third-order valence-electron chi connectivity index (χ3n) is 4.41. The number of hydrogen-bond donors (Lipinski definition) is 1. The minimum absolute atomic E-state index is 0.00292. The highest BCUT2D eigenvalue weighted by atomic mass is 35.5. The molecule has 3 amide bonds. The topological polar surface area (TPSA) is 96.0 Å². The predicted octanol–water partition coefficient (Wildman–Crippen LogP) is 1.05. The summed E-state index contributed by atoms with van der Waals surface area (Å²) in [6.07, 6.45) is 0.780. The molecule has 2 aliphatic heterocycles. The molecule has 10 heteroatoms. The highest BCUT2D eigenvalue weighted by Crippen LogP contribution is 2.31. The van der Waals surface area contributed by atoms with E-state index in [-0.39, 0.29) is 42.2 Å². The van der Waals surface area contributed by atoms with E-state index < -0.39 is 16.1 Å². The standard InChI is InChI=1S/C15H18ClN3O5S/c1-24-12-3-2-10(16)8-13(12)25(22,23)18-6-4-11(5-7-18)19-14(20)9-17-15(19)21/h2-3,8,11H,4-7,9H2,1H3,(H,17,21). The first-order valence-electron chi connectivity index (χ1n) is 7.78. The Bertz CT molecular complexity index is 789. The van der Waals surface area contributed by atoms with Crippen LogP contribution in [0.25, 0.3) is 0 Å². The van der Waals surface area contributed by atoms with Gasteiger partial charge in [-0.25, -0.2) is 13.2 Å². The smallest absolute Gasteiger partial charge is 0.324 e. The first-order valence-corrected chi connectivity index (χ1v) is 9.60. The maximum atomic E-state index is 12.9. The third-order valence-corrected chi connectivity index (χ3v) is 6.57. The number of carbonyl (C=O) groups is 2. The maximum Gasteiger partial charge on any atom is 0.324 e. The molecule has 2 heterocycles. The summed E-state index contributed by atoms with van der Waals surface area (Å²) in [6, 6.07) is 3.73. The Morgan fingerprint density at radius 1 is 1.24 bits per heavy atom. The number of nitrogens with one attached hydrogen (secondary N) is 1. The summed E-state index contributed by atoms with van der Waals surface area (Å²) in [5.41, 5.74) is 0. The highest BCUT2D eigenvalue weighted by Gasteiger charge is 2.39. The first kappa shape index (κ1) is 18.0. The van der Waals surface area contributed by atoms with E-state index in [9.17, 15) is 18.0 Å². The first-order chi connectivity index (χ1) is 11.8. The second kappa shape index (κ2) is 6.81. The number of ether oxygens (including phenoxy) is 1. The molecule has 0 aliphatic carbocycles. The van der Waals surface area contributed by atoms with Gasteiger partial charge < -0.3 is 10.1 Å². The van der Waals surface area contributed by atoms with Crippen molar-refractivity contribution in [3.63, 3.8) is 0 Å². The van der Waals surface area contributed by atoms with Crippen LogP contribution in [0.3, 0.4) is 0 Å². The molecule has 1 N–H and O–H groups in total. The van der Waals surface area contributed by atoms with E-state index in [4.69, 9.17) is 16.3 Å². The van der Waals surface area contributed by atoms with Crippen LogP contribution in [-0.4, -0.2) is 62.3 Å². The van der Waals surface area contributed by atoms with Crippen LogP contribution in [0.2, 0.25) is 5.02 Å². The van der Waals surface area contributed by atoms with Gasteiger partial charge in [0.05, 0.1) is 13.7 Å². The number of methoxy groups -OCH3 is 1. The summed E-state index contributed by atoms with van der Waals surface area (Å²) in [5, 5.41) is 2.78. The summed E-state index contributed by atoms with van der Waals surface area (Å²) in [6.45, 7) is 0.413. The van der Waals surface area contributed by atoms with Crippen LogP contribution in [-0.2, 0) is 14.8 Å². The number of sulfonamides is 1. The number of piperidine rings is 1. The van der Waals surface area contributed by atoms with Crippen molar-refractivity contribution in [3.05, 3.63) is 23.2 Å². The number of benzene rings is 1. The van der Waals surface area contributed by atoms with Crippen LogP contribution >= 0.6 is 11.6 Å². The van der Waals surface area contributed by atoms with Gasteiger partial charge >= 0.3 is 6.03 Å². The summed E-state index contributed by atoms with van der Waals surface area (Å²) in [4.78, 5) is 24.7. The van der Waals surface area contributed by atoms with Crippen molar-refractivity contribution < 1.29 is 22.7 Å². The van der Waals surface area contributed by atoms with Gasteiger partial charge in [0, 0.05) is 24.2 Å². The molecule has 1 aromatic rings. The largest absolute Gasteiger partial charge is 0.495 e. The molecular weight excluding hydrogens is 370 g/mol. The molecule has 0 bridgehead atoms. The Labute approximate surface area is 150 Å². The number of hydrogen-bond acceptors (Lipinski definition) is 5. The monoisotopic (exact) mass is 387 g/mol. The molecule has 0 atom stereocenters. The van der Waals surface area contributed by atoms with Gasteiger partial charge in [0.1, 0.15) is 10.6 Å². The zero-order chi connectivity index (χ0) is 18.2. The molecule has 2 fully saturated rings. The van der Waals surface area contributed by atoms with Crippen LogP contribution in [0.15, 0.2) is 23.1 Å². The van der Waals surface area contributed by atoms with Crippen LogP contribution in [0.5, 0.6) is 5.75 Å². The third kappa shape index (κ3) is 3.31. The number of amides is 3. The van der Waals surface area contributed by atoms with Crippen LogP contribution in [0.4, 0.5) is 4.79 Å². The second-order valence-corrected chi connectivity index (χ2v) is 8.20. The summed E-state index contributed by atoms with van der Waals surface area (Å²) < 4.78 is 32.3. The number of rotatable bonds is 4. The Kier molecular flexibility index (Phi) is 4.90. The molecule has 0 unspecified atom stereocenters. The molecule has 3 rings (SSSR count). The normalized spacial score (nSPS) is 20.0. The molecule has 136 valence electrons. The summed E-state index contributed by atoms with van der Waals surface area (Å²) >= 11 is 5.93. The van der Waals surface area contributed by atoms with Crippen molar-refractivity contribution in [3.8, 4) is 5.75 Å². The molecule has 0 aromatic heterocycles.